The van der Waals surface area contributed by atoms with Gasteiger partial charge in [-0.15, -0.1) is 12.4 Å². The monoisotopic (exact) mass is 328 g/mol. The smallest absolute Gasteiger partial charge is 0.240 e. The van der Waals surface area contributed by atoms with E-state index in [0.29, 0.717) is 18.3 Å². The van der Waals surface area contributed by atoms with Gasteiger partial charge in [-0.05, 0) is 18.6 Å². The lowest BCUT2D eigenvalue weighted by Gasteiger charge is -2.35. The van der Waals surface area contributed by atoms with E-state index in [0.717, 1.165) is 30.2 Å². The molecule has 114 valence electrons. The molecule has 1 N–H and O–H groups in total. The molecule has 1 saturated heterocycles. The van der Waals surface area contributed by atoms with Crippen molar-refractivity contribution in [3.63, 3.8) is 0 Å². The summed E-state index contributed by atoms with van der Waals surface area (Å²) >= 11 is 6.32. The number of benzene rings is 1. The van der Waals surface area contributed by atoms with Crippen LogP contribution in [0.1, 0.15) is 23.3 Å². The molecule has 7 heteroatoms. The maximum absolute atomic E-state index is 6.32. The highest BCUT2D eigenvalue weighted by molar-refractivity contribution is 6.31. The first-order chi connectivity index (χ1) is 9.74. The molecule has 1 aliphatic rings. The fourth-order valence-electron chi connectivity index (χ4n) is 2.57. The van der Waals surface area contributed by atoms with Crippen molar-refractivity contribution >= 4 is 24.0 Å². The van der Waals surface area contributed by atoms with Crippen LogP contribution in [0.25, 0.3) is 0 Å². The van der Waals surface area contributed by atoms with Crippen molar-refractivity contribution < 1.29 is 4.52 Å². The number of aromatic nitrogens is 2. The topological polar surface area (TPSA) is 54.2 Å². The third-order valence-corrected chi connectivity index (χ3v) is 3.87. The van der Waals surface area contributed by atoms with E-state index in [4.69, 9.17) is 16.1 Å². The molecule has 1 unspecified atom stereocenters. The number of aryl methyl sites for hydroxylation is 1. The number of nitrogens with zero attached hydrogens (tertiary/aromatic N) is 3. The van der Waals surface area contributed by atoms with Gasteiger partial charge in [-0.1, -0.05) is 35.0 Å². The van der Waals surface area contributed by atoms with Gasteiger partial charge in [0.1, 0.15) is 0 Å². The van der Waals surface area contributed by atoms with Crippen molar-refractivity contribution in [2.24, 2.45) is 0 Å². The van der Waals surface area contributed by atoms with Crippen LogP contribution in [0.3, 0.4) is 0 Å². The van der Waals surface area contributed by atoms with Gasteiger partial charge in [0.15, 0.2) is 5.82 Å². The largest absolute Gasteiger partial charge is 0.338 e. The highest BCUT2D eigenvalue weighted by Crippen LogP contribution is 2.29. The molecular weight excluding hydrogens is 311 g/mol. The molecule has 0 radical (unpaired) electrons. The fraction of sp³-hybridized carbons (Fsp3) is 0.429. The lowest BCUT2D eigenvalue weighted by Crippen LogP contribution is -2.45. The van der Waals surface area contributed by atoms with Crippen LogP contribution in [0.4, 0.5) is 0 Å². The molecule has 1 fully saturated rings. The predicted octanol–water partition coefficient (Wildman–Crippen LogP) is 2.60. The zero-order chi connectivity index (χ0) is 13.9. The standard InChI is InChI=1S/C14H17ClN4O.ClH/c1-10-17-14(20-18-10)9-19-7-6-16-8-13(19)11-4-2-3-5-12(11)15;/h2-5,13,16H,6-9H2,1H3;1H. The Hall–Kier alpha value is -1.14. The molecule has 0 amide bonds. The SMILES string of the molecule is Cc1noc(CN2CCNCC2c2ccccc2Cl)n1.Cl. The van der Waals surface area contributed by atoms with Crippen LogP contribution in [0.2, 0.25) is 5.02 Å². The van der Waals surface area contributed by atoms with Gasteiger partial charge in [-0.3, -0.25) is 4.90 Å². The van der Waals surface area contributed by atoms with Crippen molar-refractivity contribution in [3.05, 3.63) is 46.6 Å². The van der Waals surface area contributed by atoms with Gasteiger partial charge in [0.05, 0.1) is 6.54 Å². The van der Waals surface area contributed by atoms with Crippen LogP contribution in [0.15, 0.2) is 28.8 Å². The van der Waals surface area contributed by atoms with Crippen molar-refractivity contribution in [1.29, 1.82) is 0 Å². The second-order valence-electron chi connectivity index (χ2n) is 4.95. The number of nitrogens with one attached hydrogen (secondary N) is 1. The van der Waals surface area contributed by atoms with E-state index in [1.54, 1.807) is 0 Å². The van der Waals surface area contributed by atoms with Crippen LogP contribution in [-0.2, 0) is 6.54 Å². The summed E-state index contributed by atoms with van der Waals surface area (Å²) in [6.07, 6.45) is 0. The Bertz CT molecular complexity index is 590. The molecule has 1 aromatic heterocycles. The first-order valence-corrected chi connectivity index (χ1v) is 7.10. The summed E-state index contributed by atoms with van der Waals surface area (Å²) in [4.78, 5) is 6.61. The van der Waals surface area contributed by atoms with Gasteiger partial charge < -0.3 is 9.84 Å². The Labute approximate surface area is 135 Å². The molecular formula is C14H18Cl2N4O. The summed E-state index contributed by atoms with van der Waals surface area (Å²) in [5, 5.41) is 8.06. The van der Waals surface area contributed by atoms with Crippen molar-refractivity contribution in [1.82, 2.24) is 20.4 Å². The van der Waals surface area contributed by atoms with Crippen LogP contribution in [0, 0.1) is 6.92 Å². The molecule has 2 heterocycles. The Morgan fingerprint density at radius 3 is 2.95 bits per heavy atom. The average Bonchev–Trinajstić information content (AvgIpc) is 2.86. The van der Waals surface area contributed by atoms with E-state index < -0.39 is 0 Å². The van der Waals surface area contributed by atoms with Crippen molar-refractivity contribution in [3.8, 4) is 0 Å². The van der Waals surface area contributed by atoms with Crippen molar-refractivity contribution in [2.75, 3.05) is 19.6 Å². The van der Waals surface area contributed by atoms with E-state index in [1.807, 2.05) is 25.1 Å². The fourth-order valence-corrected chi connectivity index (χ4v) is 2.83. The minimum Gasteiger partial charge on any atom is -0.338 e. The third-order valence-electron chi connectivity index (χ3n) is 3.53. The third kappa shape index (κ3) is 3.74. The van der Waals surface area contributed by atoms with Crippen LogP contribution < -0.4 is 5.32 Å². The zero-order valence-electron chi connectivity index (χ0n) is 11.8. The Balaban J connectivity index is 0.00000161. The van der Waals surface area contributed by atoms with Gasteiger partial charge in [0, 0.05) is 30.7 Å². The minimum absolute atomic E-state index is 0. The first-order valence-electron chi connectivity index (χ1n) is 6.72. The molecule has 0 bridgehead atoms. The molecule has 5 nitrogen and oxygen atoms in total. The van der Waals surface area contributed by atoms with E-state index in [2.05, 4.69) is 26.4 Å². The average molecular weight is 329 g/mol. The number of rotatable bonds is 3. The lowest BCUT2D eigenvalue weighted by atomic mass is 10.0. The van der Waals surface area contributed by atoms with E-state index in [1.165, 1.54) is 0 Å². The highest BCUT2D eigenvalue weighted by Gasteiger charge is 2.26. The summed E-state index contributed by atoms with van der Waals surface area (Å²) in [5.41, 5.74) is 1.14. The van der Waals surface area contributed by atoms with Crippen LogP contribution in [-0.4, -0.2) is 34.7 Å². The van der Waals surface area contributed by atoms with Gasteiger partial charge in [-0.2, -0.15) is 4.98 Å². The highest BCUT2D eigenvalue weighted by atomic mass is 35.5. The summed E-state index contributed by atoms with van der Waals surface area (Å²) in [6.45, 7) is 5.23. The van der Waals surface area contributed by atoms with E-state index >= 15 is 0 Å². The molecule has 1 aromatic carbocycles. The Kier molecular flexibility index (Phi) is 5.58. The molecule has 0 spiro atoms. The second kappa shape index (κ2) is 7.22. The normalized spacial score (nSPS) is 19.2. The van der Waals surface area contributed by atoms with E-state index in [-0.39, 0.29) is 18.4 Å². The van der Waals surface area contributed by atoms with Crippen LogP contribution >= 0.6 is 24.0 Å². The number of hydrogen-bond acceptors (Lipinski definition) is 5. The van der Waals surface area contributed by atoms with Gasteiger partial charge >= 0.3 is 0 Å². The molecule has 1 atom stereocenters. The first kappa shape index (κ1) is 16.2. The quantitative estimate of drug-likeness (QED) is 0.938. The molecule has 3 rings (SSSR count). The lowest BCUT2D eigenvalue weighted by molar-refractivity contribution is 0.135. The van der Waals surface area contributed by atoms with Gasteiger partial charge in [0.2, 0.25) is 5.89 Å². The van der Waals surface area contributed by atoms with Gasteiger partial charge in [0.25, 0.3) is 0 Å². The molecule has 0 aliphatic carbocycles. The Morgan fingerprint density at radius 2 is 2.24 bits per heavy atom. The zero-order valence-corrected chi connectivity index (χ0v) is 13.3. The second-order valence-corrected chi connectivity index (χ2v) is 5.35. The molecule has 0 saturated carbocycles. The maximum Gasteiger partial charge on any atom is 0.240 e. The van der Waals surface area contributed by atoms with Crippen LogP contribution in [0.5, 0.6) is 0 Å². The summed E-state index contributed by atoms with van der Waals surface area (Å²) in [7, 11) is 0. The number of piperazine rings is 1. The van der Waals surface area contributed by atoms with Crippen molar-refractivity contribution in [2.45, 2.75) is 19.5 Å². The maximum atomic E-state index is 6.32. The molecule has 21 heavy (non-hydrogen) atoms. The predicted molar refractivity (Wildman–Crippen MR) is 83.8 cm³/mol. The number of hydrogen-bond donors (Lipinski definition) is 1. The minimum atomic E-state index is 0. The summed E-state index contributed by atoms with van der Waals surface area (Å²) < 4.78 is 5.23. The van der Waals surface area contributed by atoms with Gasteiger partial charge in [-0.25, -0.2) is 0 Å². The number of halogens is 2. The molecule has 2 aromatic rings. The van der Waals surface area contributed by atoms with E-state index in [9.17, 15) is 0 Å². The Morgan fingerprint density at radius 1 is 1.43 bits per heavy atom. The summed E-state index contributed by atoms with van der Waals surface area (Å²) in [6, 6.07) is 8.20. The summed E-state index contributed by atoms with van der Waals surface area (Å²) in [5.74, 6) is 1.32. The molecule has 1 aliphatic heterocycles.